The molecule has 0 aliphatic carbocycles. The number of para-hydroxylation sites is 1. The van der Waals surface area contributed by atoms with Crippen LogP contribution in [0.1, 0.15) is 16.8 Å². The van der Waals surface area contributed by atoms with Gasteiger partial charge in [0.2, 0.25) is 5.91 Å². The van der Waals surface area contributed by atoms with Crippen LogP contribution in [0, 0.1) is 13.8 Å². The minimum Gasteiger partial charge on any atom is -0.356 e. The molecule has 4 heteroatoms. The Balaban J connectivity index is 1.79. The smallest absolute Gasteiger partial charge is 0.230 e. The third kappa shape index (κ3) is 2.79. The molecule has 0 saturated carbocycles. The Bertz CT molecular complexity index is 805. The molecule has 1 aromatic heterocycles. The lowest BCUT2D eigenvalue weighted by Crippen LogP contribution is -2.14. The van der Waals surface area contributed by atoms with Crippen LogP contribution in [0.25, 0.3) is 11.0 Å². The summed E-state index contributed by atoms with van der Waals surface area (Å²) in [5.74, 6) is -0.0997. The van der Waals surface area contributed by atoms with E-state index in [1.807, 2.05) is 56.3 Å². The third-order valence-electron chi connectivity index (χ3n) is 3.40. The molecular weight excluding hydrogens is 264 g/mol. The Kier molecular flexibility index (Phi) is 3.44. The zero-order chi connectivity index (χ0) is 14.8. The number of rotatable bonds is 3. The van der Waals surface area contributed by atoms with Crippen LogP contribution in [0.2, 0.25) is 0 Å². The van der Waals surface area contributed by atoms with Crippen LogP contribution >= 0.6 is 0 Å². The van der Waals surface area contributed by atoms with E-state index < -0.39 is 0 Å². The fourth-order valence-electron chi connectivity index (χ4n) is 2.36. The summed E-state index contributed by atoms with van der Waals surface area (Å²) in [4.78, 5) is 12.1. The summed E-state index contributed by atoms with van der Waals surface area (Å²) in [6.07, 6.45) is 0.199. The molecule has 0 unspecified atom stereocenters. The van der Waals surface area contributed by atoms with Gasteiger partial charge in [-0.2, -0.15) is 0 Å². The molecule has 1 N–H and O–H groups in total. The summed E-state index contributed by atoms with van der Waals surface area (Å²) < 4.78 is 5.32. The van der Waals surface area contributed by atoms with Gasteiger partial charge in [0.1, 0.15) is 5.69 Å². The van der Waals surface area contributed by atoms with Crippen molar-refractivity contribution in [3.05, 3.63) is 59.3 Å². The summed E-state index contributed by atoms with van der Waals surface area (Å²) in [5, 5.41) is 7.80. The van der Waals surface area contributed by atoms with Crippen molar-refractivity contribution >= 4 is 22.6 Å². The predicted molar refractivity (Wildman–Crippen MR) is 82.3 cm³/mol. The van der Waals surface area contributed by atoms with Crippen molar-refractivity contribution in [2.75, 3.05) is 5.32 Å². The SMILES string of the molecule is Cc1cccc(NC(=O)Cc2noc3c(C)cccc23)c1. The van der Waals surface area contributed by atoms with Crippen molar-refractivity contribution < 1.29 is 9.32 Å². The molecule has 0 spiro atoms. The number of carbonyl (C=O) groups is 1. The molecule has 0 fully saturated rings. The normalized spacial score (nSPS) is 10.8. The van der Waals surface area contributed by atoms with Crippen molar-refractivity contribution in [2.24, 2.45) is 0 Å². The van der Waals surface area contributed by atoms with Gasteiger partial charge >= 0.3 is 0 Å². The highest BCUT2D eigenvalue weighted by Crippen LogP contribution is 2.22. The quantitative estimate of drug-likeness (QED) is 0.797. The summed E-state index contributed by atoms with van der Waals surface area (Å²) >= 11 is 0. The lowest BCUT2D eigenvalue weighted by molar-refractivity contribution is -0.115. The van der Waals surface area contributed by atoms with Crippen LogP contribution < -0.4 is 5.32 Å². The molecule has 0 radical (unpaired) electrons. The molecule has 3 rings (SSSR count). The lowest BCUT2D eigenvalue weighted by atomic mass is 10.1. The maximum Gasteiger partial charge on any atom is 0.230 e. The molecule has 2 aromatic carbocycles. The van der Waals surface area contributed by atoms with Crippen LogP contribution in [0.4, 0.5) is 5.69 Å². The maximum atomic E-state index is 12.1. The number of anilines is 1. The van der Waals surface area contributed by atoms with Gasteiger partial charge in [0.05, 0.1) is 6.42 Å². The molecule has 4 nitrogen and oxygen atoms in total. The number of nitrogens with zero attached hydrogens (tertiary/aromatic N) is 1. The molecule has 106 valence electrons. The first kappa shape index (κ1) is 13.4. The van der Waals surface area contributed by atoms with Gasteiger partial charge < -0.3 is 9.84 Å². The number of hydrogen-bond donors (Lipinski definition) is 1. The minimum absolute atomic E-state index is 0.0997. The zero-order valence-electron chi connectivity index (χ0n) is 12.0. The number of benzene rings is 2. The highest BCUT2D eigenvalue weighted by atomic mass is 16.5. The second-order valence-electron chi connectivity index (χ2n) is 5.18. The number of nitrogens with one attached hydrogen (secondary N) is 1. The number of fused-ring (bicyclic) bond motifs is 1. The van der Waals surface area contributed by atoms with E-state index in [0.29, 0.717) is 5.69 Å². The summed E-state index contributed by atoms with van der Waals surface area (Å²) in [6.45, 7) is 3.95. The zero-order valence-corrected chi connectivity index (χ0v) is 12.0. The lowest BCUT2D eigenvalue weighted by Gasteiger charge is -2.04. The molecule has 0 bridgehead atoms. The van der Waals surface area contributed by atoms with Crippen LogP contribution in [0.5, 0.6) is 0 Å². The monoisotopic (exact) mass is 280 g/mol. The predicted octanol–water partition coefficient (Wildman–Crippen LogP) is 3.63. The summed E-state index contributed by atoms with van der Waals surface area (Å²) in [5.41, 5.74) is 4.33. The van der Waals surface area contributed by atoms with Gasteiger partial charge in [-0.25, -0.2) is 0 Å². The maximum absolute atomic E-state index is 12.1. The van der Waals surface area contributed by atoms with Crippen LogP contribution in [-0.2, 0) is 11.2 Å². The van der Waals surface area contributed by atoms with E-state index in [9.17, 15) is 4.79 Å². The van der Waals surface area contributed by atoms with E-state index in [-0.39, 0.29) is 12.3 Å². The van der Waals surface area contributed by atoms with Crippen LogP contribution in [-0.4, -0.2) is 11.1 Å². The average molecular weight is 280 g/mol. The first-order chi connectivity index (χ1) is 10.1. The van der Waals surface area contributed by atoms with E-state index >= 15 is 0 Å². The summed E-state index contributed by atoms with van der Waals surface area (Å²) in [6, 6.07) is 13.5. The number of carbonyl (C=O) groups excluding carboxylic acids is 1. The second-order valence-corrected chi connectivity index (χ2v) is 5.18. The highest BCUT2D eigenvalue weighted by Gasteiger charge is 2.13. The van der Waals surface area contributed by atoms with Crippen molar-refractivity contribution in [2.45, 2.75) is 20.3 Å². The first-order valence-electron chi connectivity index (χ1n) is 6.84. The van der Waals surface area contributed by atoms with E-state index in [0.717, 1.165) is 27.8 Å². The molecule has 0 aliphatic heterocycles. The molecular formula is C17H16N2O2. The molecule has 21 heavy (non-hydrogen) atoms. The Labute approximate surface area is 122 Å². The number of aryl methyl sites for hydroxylation is 2. The van der Waals surface area contributed by atoms with Crippen molar-refractivity contribution in [3.8, 4) is 0 Å². The second kappa shape index (κ2) is 5.40. The first-order valence-corrected chi connectivity index (χ1v) is 6.84. The average Bonchev–Trinajstić information content (AvgIpc) is 2.83. The van der Waals surface area contributed by atoms with E-state index in [4.69, 9.17) is 4.52 Å². The van der Waals surface area contributed by atoms with Gasteiger partial charge in [-0.3, -0.25) is 4.79 Å². The van der Waals surface area contributed by atoms with Gasteiger partial charge in [0.25, 0.3) is 0 Å². The van der Waals surface area contributed by atoms with E-state index in [1.54, 1.807) is 0 Å². The minimum atomic E-state index is -0.0997. The topological polar surface area (TPSA) is 55.1 Å². The third-order valence-corrected chi connectivity index (χ3v) is 3.40. The van der Waals surface area contributed by atoms with Crippen molar-refractivity contribution in [3.63, 3.8) is 0 Å². The van der Waals surface area contributed by atoms with Gasteiger partial charge in [0.15, 0.2) is 5.58 Å². The molecule has 0 atom stereocenters. The molecule has 0 aliphatic rings. The standard InChI is InChI=1S/C17H16N2O2/c1-11-5-3-7-13(9-11)18-16(20)10-15-14-8-4-6-12(2)17(14)21-19-15/h3-9H,10H2,1-2H3,(H,18,20). The van der Waals surface area contributed by atoms with E-state index in [1.165, 1.54) is 0 Å². The number of aromatic nitrogens is 1. The van der Waals surface area contributed by atoms with Crippen molar-refractivity contribution in [1.82, 2.24) is 5.16 Å². The highest BCUT2D eigenvalue weighted by molar-refractivity contribution is 5.95. The Morgan fingerprint density at radius 1 is 1.19 bits per heavy atom. The van der Waals surface area contributed by atoms with Crippen LogP contribution in [0.15, 0.2) is 47.0 Å². The molecule has 1 heterocycles. The van der Waals surface area contributed by atoms with E-state index in [2.05, 4.69) is 10.5 Å². The fraction of sp³-hybridized carbons (Fsp3) is 0.176. The van der Waals surface area contributed by atoms with Gasteiger partial charge in [-0.05, 0) is 43.2 Å². The van der Waals surface area contributed by atoms with Gasteiger partial charge in [-0.1, -0.05) is 29.4 Å². The number of amides is 1. The molecule has 0 saturated heterocycles. The Hall–Kier alpha value is -2.62. The fourth-order valence-corrected chi connectivity index (χ4v) is 2.36. The Morgan fingerprint density at radius 2 is 2.00 bits per heavy atom. The van der Waals surface area contributed by atoms with Crippen LogP contribution in [0.3, 0.4) is 0 Å². The summed E-state index contributed by atoms with van der Waals surface area (Å²) in [7, 11) is 0. The largest absolute Gasteiger partial charge is 0.356 e. The van der Waals surface area contributed by atoms with Gasteiger partial charge in [0, 0.05) is 11.1 Å². The molecule has 3 aromatic rings. The number of hydrogen-bond acceptors (Lipinski definition) is 3. The van der Waals surface area contributed by atoms with Gasteiger partial charge in [-0.15, -0.1) is 0 Å². The van der Waals surface area contributed by atoms with Crippen molar-refractivity contribution in [1.29, 1.82) is 0 Å². The Morgan fingerprint density at radius 3 is 2.81 bits per heavy atom. The molecule has 1 amide bonds.